The molecule has 0 atom stereocenters. The molecule has 1 aliphatic rings. The van der Waals surface area contributed by atoms with Gasteiger partial charge in [-0.2, -0.15) is 0 Å². The first-order valence-electron chi connectivity index (χ1n) is 6.66. The number of likely N-dealkylation sites (tertiary alicyclic amines) is 1. The summed E-state index contributed by atoms with van der Waals surface area (Å²) in [7, 11) is 0. The first-order chi connectivity index (χ1) is 9.97. The monoisotopic (exact) mass is 330 g/mol. The summed E-state index contributed by atoms with van der Waals surface area (Å²) < 4.78 is 0. The van der Waals surface area contributed by atoms with Gasteiger partial charge in [0.1, 0.15) is 0 Å². The van der Waals surface area contributed by atoms with Crippen molar-refractivity contribution >= 4 is 35.0 Å². The third-order valence-corrected chi connectivity index (χ3v) is 4.14. The number of carbonyl (C=O) groups excluding carboxylic acids is 2. The maximum Gasteiger partial charge on any atom is 0.251 e. The smallest absolute Gasteiger partial charge is 0.251 e. The Hall–Kier alpha value is -1.30. The molecule has 7 heteroatoms. The van der Waals surface area contributed by atoms with Gasteiger partial charge >= 0.3 is 0 Å². The van der Waals surface area contributed by atoms with Crippen molar-refractivity contribution in [1.29, 1.82) is 0 Å². The number of nitrogens with zero attached hydrogens (tertiary/aromatic N) is 1. The number of piperidine rings is 1. The average Bonchev–Trinajstić information content (AvgIpc) is 2.48. The van der Waals surface area contributed by atoms with Gasteiger partial charge in [0.05, 0.1) is 22.7 Å². The van der Waals surface area contributed by atoms with E-state index in [2.05, 4.69) is 5.32 Å². The van der Waals surface area contributed by atoms with E-state index in [1.165, 1.54) is 12.1 Å². The second-order valence-electron chi connectivity index (χ2n) is 4.92. The van der Waals surface area contributed by atoms with Crippen LogP contribution in [0.5, 0.6) is 0 Å². The van der Waals surface area contributed by atoms with Gasteiger partial charge in [-0.15, -0.1) is 0 Å². The van der Waals surface area contributed by atoms with Gasteiger partial charge in [-0.25, -0.2) is 0 Å². The van der Waals surface area contributed by atoms with Crippen molar-refractivity contribution in [3.05, 3.63) is 33.8 Å². The van der Waals surface area contributed by atoms with Crippen molar-refractivity contribution in [3.8, 4) is 0 Å². The van der Waals surface area contributed by atoms with E-state index in [1.807, 2.05) is 0 Å². The molecule has 5 nitrogen and oxygen atoms in total. The third kappa shape index (κ3) is 4.33. The SMILES string of the molecule is O=C(NCC(=O)N1CCC(O)CC1)c1ccc(Cl)c(Cl)c1. The quantitative estimate of drug-likeness (QED) is 0.886. The number of carbonyl (C=O) groups is 2. The van der Waals surface area contributed by atoms with Crippen LogP contribution in [0.15, 0.2) is 18.2 Å². The Balaban J connectivity index is 1.86. The molecule has 0 aromatic heterocycles. The number of hydrogen-bond acceptors (Lipinski definition) is 3. The van der Waals surface area contributed by atoms with Gasteiger partial charge in [-0.1, -0.05) is 23.2 Å². The van der Waals surface area contributed by atoms with Crippen LogP contribution in [0.3, 0.4) is 0 Å². The molecule has 1 aromatic rings. The van der Waals surface area contributed by atoms with Crippen LogP contribution in [0, 0.1) is 0 Å². The fourth-order valence-corrected chi connectivity index (χ4v) is 2.42. The van der Waals surface area contributed by atoms with Gasteiger partial charge in [0.25, 0.3) is 5.91 Å². The lowest BCUT2D eigenvalue weighted by molar-refractivity contribution is -0.132. The summed E-state index contributed by atoms with van der Waals surface area (Å²) in [5.41, 5.74) is 0.353. The standard InChI is InChI=1S/C14H16Cl2N2O3/c15-11-2-1-9(7-12(11)16)14(21)17-8-13(20)18-5-3-10(19)4-6-18/h1-2,7,10,19H,3-6,8H2,(H,17,21). The summed E-state index contributed by atoms with van der Waals surface area (Å²) in [5.74, 6) is -0.533. The molecule has 114 valence electrons. The maximum atomic E-state index is 11.9. The Labute approximate surface area is 132 Å². The molecule has 21 heavy (non-hydrogen) atoms. The third-order valence-electron chi connectivity index (χ3n) is 3.40. The Kier molecular flexibility index (Phi) is 5.45. The number of aliphatic hydroxyl groups excluding tert-OH is 1. The number of nitrogens with one attached hydrogen (secondary N) is 1. The van der Waals surface area contributed by atoms with Gasteiger partial charge in [0, 0.05) is 18.7 Å². The predicted molar refractivity (Wildman–Crippen MR) is 80.6 cm³/mol. The second-order valence-corrected chi connectivity index (χ2v) is 5.74. The first kappa shape index (κ1) is 16.1. The molecule has 1 aromatic carbocycles. The van der Waals surface area contributed by atoms with Crippen molar-refractivity contribution in [3.63, 3.8) is 0 Å². The lowest BCUT2D eigenvalue weighted by Crippen LogP contribution is -2.45. The highest BCUT2D eigenvalue weighted by molar-refractivity contribution is 6.42. The minimum atomic E-state index is -0.376. The maximum absolute atomic E-state index is 11.9. The molecule has 0 aliphatic carbocycles. The van der Waals surface area contributed by atoms with Gasteiger partial charge in [0.15, 0.2) is 0 Å². The van der Waals surface area contributed by atoms with Crippen LogP contribution in [0.2, 0.25) is 10.0 Å². The van der Waals surface area contributed by atoms with E-state index < -0.39 is 0 Å². The van der Waals surface area contributed by atoms with Crippen molar-refractivity contribution in [2.45, 2.75) is 18.9 Å². The Morgan fingerprint density at radius 1 is 1.24 bits per heavy atom. The number of amides is 2. The fraction of sp³-hybridized carbons (Fsp3) is 0.429. The zero-order chi connectivity index (χ0) is 15.4. The molecule has 1 saturated heterocycles. The van der Waals surface area contributed by atoms with Crippen LogP contribution in [-0.2, 0) is 4.79 Å². The molecule has 0 spiro atoms. The van der Waals surface area contributed by atoms with E-state index in [0.717, 1.165) is 0 Å². The van der Waals surface area contributed by atoms with Crippen molar-refractivity contribution < 1.29 is 14.7 Å². The zero-order valence-corrected chi connectivity index (χ0v) is 12.8. The van der Waals surface area contributed by atoms with Gasteiger partial charge in [-0.3, -0.25) is 9.59 Å². The first-order valence-corrected chi connectivity index (χ1v) is 7.42. The minimum Gasteiger partial charge on any atom is -0.393 e. The molecule has 2 amide bonds. The molecule has 2 N–H and O–H groups in total. The van der Waals surface area contributed by atoms with E-state index in [9.17, 15) is 14.7 Å². The van der Waals surface area contributed by atoms with Gasteiger partial charge < -0.3 is 15.3 Å². The normalized spacial score (nSPS) is 15.9. The predicted octanol–water partition coefficient (Wildman–Crippen LogP) is 1.71. The van der Waals surface area contributed by atoms with Crippen LogP contribution < -0.4 is 5.32 Å². The summed E-state index contributed by atoms with van der Waals surface area (Å²) in [4.78, 5) is 25.5. The molecule has 0 radical (unpaired) electrons. The van der Waals surface area contributed by atoms with Crippen LogP contribution in [-0.4, -0.2) is 47.6 Å². The van der Waals surface area contributed by atoms with Crippen LogP contribution in [0.1, 0.15) is 23.2 Å². The molecule has 0 bridgehead atoms. The number of aliphatic hydroxyl groups is 1. The van der Waals surface area contributed by atoms with Crippen molar-refractivity contribution in [2.24, 2.45) is 0 Å². The summed E-state index contributed by atoms with van der Waals surface area (Å²) in [6.45, 7) is 0.959. The van der Waals surface area contributed by atoms with Crippen molar-refractivity contribution in [2.75, 3.05) is 19.6 Å². The highest BCUT2D eigenvalue weighted by atomic mass is 35.5. The molecule has 1 aliphatic heterocycles. The molecule has 1 heterocycles. The lowest BCUT2D eigenvalue weighted by atomic mass is 10.1. The Morgan fingerprint density at radius 3 is 2.52 bits per heavy atom. The van der Waals surface area contributed by atoms with E-state index in [-0.39, 0.29) is 24.5 Å². The largest absolute Gasteiger partial charge is 0.393 e. The van der Waals surface area contributed by atoms with E-state index in [4.69, 9.17) is 23.2 Å². The van der Waals surface area contributed by atoms with E-state index in [0.29, 0.717) is 41.5 Å². The summed E-state index contributed by atoms with van der Waals surface area (Å²) in [5, 5.41) is 12.6. The van der Waals surface area contributed by atoms with E-state index >= 15 is 0 Å². The minimum absolute atomic E-state index is 0.0742. The molecule has 0 saturated carbocycles. The molecule has 0 unspecified atom stereocenters. The van der Waals surface area contributed by atoms with Crippen LogP contribution >= 0.6 is 23.2 Å². The summed E-state index contributed by atoms with van der Waals surface area (Å²) in [6, 6.07) is 4.54. The molecule has 2 rings (SSSR count). The van der Waals surface area contributed by atoms with Crippen LogP contribution in [0.25, 0.3) is 0 Å². The number of rotatable bonds is 3. The number of hydrogen-bond donors (Lipinski definition) is 2. The number of benzene rings is 1. The Morgan fingerprint density at radius 2 is 1.90 bits per heavy atom. The molecular weight excluding hydrogens is 315 g/mol. The topological polar surface area (TPSA) is 69.6 Å². The highest BCUT2D eigenvalue weighted by Gasteiger charge is 2.21. The van der Waals surface area contributed by atoms with Crippen LogP contribution in [0.4, 0.5) is 0 Å². The zero-order valence-electron chi connectivity index (χ0n) is 11.3. The number of halogens is 2. The second kappa shape index (κ2) is 7.11. The molecular formula is C14H16Cl2N2O3. The van der Waals surface area contributed by atoms with E-state index in [1.54, 1.807) is 11.0 Å². The van der Waals surface area contributed by atoms with Gasteiger partial charge in [-0.05, 0) is 31.0 Å². The van der Waals surface area contributed by atoms with Gasteiger partial charge in [0.2, 0.25) is 5.91 Å². The highest BCUT2D eigenvalue weighted by Crippen LogP contribution is 2.22. The van der Waals surface area contributed by atoms with Crippen molar-refractivity contribution in [1.82, 2.24) is 10.2 Å². The molecule has 1 fully saturated rings. The average molecular weight is 331 g/mol. The summed E-state index contributed by atoms with van der Waals surface area (Å²) >= 11 is 11.6. The Bertz CT molecular complexity index is 543. The fourth-order valence-electron chi connectivity index (χ4n) is 2.12. The lowest BCUT2D eigenvalue weighted by Gasteiger charge is -2.29. The summed E-state index contributed by atoms with van der Waals surface area (Å²) in [6.07, 6.45) is 0.818.